The van der Waals surface area contributed by atoms with Gasteiger partial charge in [-0.2, -0.15) is 0 Å². The van der Waals surface area contributed by atoms with Crippen LogP contribution in [0.25, 0.3) is 0 Å². The van der Waals surface area contributed by atoms with Crippen molar-refractivity contribution < 1.29 is 14.3 Å². The van der Waals surface area contributed by atoms with Crippen LogP contribution < -0.4 is 4.74 Å². The van der Waals surface area contributed by atoms with Gasteiger partial charge in [0.15, 0.2) is 0 Å². The van der Waals surface area contributed by atoms with E-state index >= 15 is 0 Å². The first-order valence-electron chi connectivity index (χ1n) is 6.96. The summed E-state index contributed by atoms with van der Waals surface area (Å²) in [6.07, 6.45) is 5.96. The molecule has 0 saturated heterocycles. The van der Waals surface area contributed by atoms with Gasteiger partial charge in [0.1, 0.15) is 12.0 Å². The maximum atomic E-state index is 10.8. The average Bonchev–Trinajstić information content (AvgIpc) is 2.46. The lowest BCUT2D eigenvalue weighted by Gasteiger charge is -2.26. The third-order valence-electron chi connectivity index (χ3n) is 3.88. The summed E-state index contributed by atoms with van der Waals surface area (Å²) in [7, 11) is 1.64. The van der Waals surface area contributed by atoms with Crippen LogP contribution in [-0.2, 0) is 11.3 Å². The Morgan fingerprint density at radius 1 is 1.26 bits per heavy atom. The first-order valence-corrected chi connectivity index (χ1v) is 6.96. The van der Waals surface area contributed by atoms with Crippen molar-refractivity contribution in [3.05, 3.63) is 29.3 Å². The third kappa shape index (κ3) is 3.80. The average molecular weight is 262 g/mol. The monoisotopic (exact) mass is 262 g/mol. The van der Waals surface area contributed by atoms with E-state index in [0.29, 0.717) is 18.3 Å². The molecular formula is C16H22O3. The van der Waals surface area contributed by atoms with Gasteiger partial charge in [0, 0.05) is 11.1 Å². The van der Waals surface area contributed by atoms with Gasteiger partial charge in [-0.05, 0) is 49.8 Å². The lowest BCUT2D eigenvalue weighted by Crippen LogP contribution is -2.20. The zero-order valence-electron chi connectivity index (χ0n) is 11.7. The van der Waals surface area contributed by atoms with Crippen LogP contribution in [0.2, 0.25) is 0 Å². The summed E-state index contributed by atoms with van der Waals surface area (Å²) in [4.78, 5) is 10.8. The molecule has 0 spiro atoms. The maximum Gasteiger partial charge on any atom is 0.150 e. The molecule has 0 amide bonds. The fourth-order valence-corrected chi connectivity index (χ4v) is 2.59. The molecule has 104 valence electrons. The van der Waals surface area contributed by atoms with Gasteiger partial charge < -0.3 is 9.47 Å². The molecule has 0 atom stereocenters. The fourth-order valence-electron chi connectivity index (χ4n) is 2.59. The number of carbonyl (C=O) groups excluding carboxylic acids is 1. The molecule has 1 aliphatic carbocycles. The number of benzene rings is 1. The topological polar surface area (TPSA) is 35.5 Å². The van der Waals surface area contributed by atoms with Crippen LogP contribution in [0, 0.1) is 5.92 Å². The van der Waals surface area contributed by atoms with Gasteiger partial charge >= 0.3 is 0 Å². The fraction of sp³-hybridized carbons (Fsp3) is 0.562. The molecule has 3 nitrogen and oxygen atoms in total. The molecule has 1 saturated carbocycles. The molecule has 19 heavy (non-hydrogen) atoms. The predicted octanol–water partition coefficient (Wildman–Crippen LogP) is 3.60. The second-order valence-corrected chi connectivity index (χ2v) is 5.38. The zero-order valence-corrected chi connectivity index (χ0v) is 11.7. The molecule has 3 heteroatoms. The van der Waals surface area contributed by atoms with Crippen molar-refractivity contribution in [2.45, 2.75) is 45.3 Å². The number of methoxy groups -OCH3 is 1. The van der Waals surface area contributed by atoms with E-state index in [9.17, 15) is 4.79 Å². The summed E-state index contributed by atoms with van der Waals surface area (Å²) >= 11 is 0. The highest BCUT2D eigenvalue weighted by molar-refractivity contribution is 5.75. The maximum absolute atomic E-state index is 10.8. The van der Waals surface area contributed by atoms with Gasteiger partial charge in [-0.3, -0.25) is 4.79 Å². The van der Waals surface area contributed by atoms with E-state index in [2.05, 4.69) is 6.92 Å². The van der Waals surface area contributed by atoms with E-state index in [1.54, 1.807) is 13.2 Å². The normalized spacial score (nSPS) is 23.1. The van der Waals surface area contributed by atoms with E-state index < -0.39 is 0 Å². The molecule has 1 fully saturated rings. The minimum absolute atomic E-state index is 0.348. The second kappa shape index (κ2) is 6.71. The summed E-state index contributed by atoms with van der Waals surface area (Å²) in [5, 5.41) is 0. The lowest BCUT2D eigenvalue weighted by molar-refractivity contribution is 0.00801. The minimum atomic E-state index is 0.348. The quantitative estimate of drug-likeness (QED) is 0.760. The van der Waals surface area contributed by atoms with Crippen molar-refractivity contribution in [3.63, 3.8) is 0 Å². The van der Waals surface area contributed by atoms with Gasteiger partial charge in [-0.25, -0.2) is 0 Å². The zero-order chi connectivity index (χ0) is 13.7. The van der Waals surface area contributed by atoms with Crippen molar-refractivity contribution >= 4 is 6.29 Å². The standard InChI is InChI=1S/C16H22O3/c1-12-3-6-15(7-4-12)19-11-14-9-13(10-17)5-8-16(14)18-2/h5,8-10,12,15H,3-4,6-7,11H2,1-2H3. The summed E-state index contributed by atoms with van der Waals surface area (Å²) < 4.78 is 11.3. The highest BCUT2D eigenvalue weighted by Gasteiger charge is 2.19. The van der Waals surface area contributed by atoms with E-state index in [1.807, 2.05) is 12.1 Å². The van der Waals surface area contributed by atoms with Gasteiger partial charge in [-0.1, -0.05) is 6.92 Å². The van der Waals surface area contributed by atoms with Gasteiger partial charge in [-0.15, -0.1) is 0 Å². The Morgan fingerprint density at radius 3 is 2.63 bits per heavy atom. The van der Waals surface area contributed by atoms with Crippen molar-refractivity contribution in [2.24, 2.45) is 5.92 Å². The van der Waals surface area contributed by atoms with E-state index in [0.717, 1.165) is 36.4 Å². The van der Waals surface area contributed by atoms with E-state index in [4.69, 9.17) is 9.47 Å². The number of rotatable bonds is 5. The van der Waals surface area contributed by atoms with Crippen molar-refractivity contribution in [3.8, 4) is 5.75 Å². The van der Waals surface area contributed by atoms with Crippen LogP contribution in [0.5, 0.6) is 5.75 Å². The van der Waals surface area contributed by atoms with Crippen LogP contribution in [-0.4, -0.2) is 19.5 Å². The van der Waals surface area contributed by atoms with Gasteiger partial charge in [0.2, 0.25) is 0 Å². The van der Waals surface area contributed by atoms with Crippen molar-refractivity contribution in [1.82, 2.24) is 0 Å². The predicted molar refractivity (Wildman–Crippen MR) is 74.6 cm³/mol. The summed E-state index contributed by atoms with van der Waals surface area (Å²) in [5.41, 5.74) is 1.61. The molecule has 1 aromatic carbocycles. The Bertz CT molecular complexity index is 420. The number of carbonyl (C=O) groups is 1. The van der Waals surface area contributed by atoms with Crippen molar-refractivity contribution in [2.75, 3.05) is 7.11 Å². The van der Waals surface area contributed by atoms with Crippen LogP contribution in [0.1, 0.15) is 48.5 Å². The number of hydrogen-bond donors (Lipinski definition) is 0. The largest absolute Gasteiger partial charge is 0.496 e. The molecule has 0 bridgehead atoms. The SMILES string of the molecule is COc1ccc(C=O)cc1COC1CCC(C)CC1. The highest BCUT2D eigenvalue weighted by Crippen LogP contribution is 2.27. The summed E-state index contributed by atoms with van der Waals surface area (Å²) in [5.74, 6) is 1.61. The number of hydrogen-bond acceptors (Lipinski definition) is 3. The van der Waals surface area contributed by atoms with Gasteiger partial charge in [0.25, 0.3) is 0 Å². The van der Waals surface area contributed by atoms with Crippen LogP contribution in [0.15, 0.2) is 18.2 Å². The van der Waals surface area contributed by atoms with Crippen LogP contribution >= 0.6 is 0 Å². The van der Waals surface area contributed by atoms with E-state index in [1.165, 1.54) is 12.8 Å². The summed E-state index contributed by atoms with van der Waals surface area (Å²) in [6, 6.07) is 5.43. The molecule has 1 aromatic rings. The molecule has 0 radical (unpaired) electrons. The highest BCUT2D eigenvalue weighted by atomic mass is 16.5. The summed E-state index contributed by atoms with van der Waals surface area (Å²) in [6.45, 7) is 2.82. The Kier molecular flexibility index (Phi) is 4.97. The lowest BCUT2D eigenvalue weighted by atomic mass is 9.89. The molecule has 0 N–H and O–H groups in total. The molecule has 0 aliphatic heterocycles. The molecule has 0 aromatic heterocycles. The Morgan fingerprint density at radius 2 is 2.00 bits per heavy atom. The Hall–Kier alpha value is -1.35. The smallest absolute Gasteiger partial charge is 0.150 e. The Labute approximate surface area is 114 Å². The minimum Gasteiger partial charge on any atom is -0.496 e. The van der Waals surface area contributed by atoms with Crippen LogP contribution in [0.4, 0.5) is 0 Å². The number of ether oxygens (including phenoxy) is 2. The first kappa shape index (κ1) is 14.1. The van der Waals surface area contributed by atoms with E-state index in [-0.39, 0.29) is 0 Å². The van der Waals surface area contributed by atoms with Crippen molar-refractivity contribution in [1.29, 1.82) is 0 Å². The molecular weight excluding hydrogens is 240 g/mol. The first-order chi connectivity index (χ1) is 9.22. The molecule has 2 rings (SSSR count). The second-order valence-electron chi connectivity index (χ2n) is 5.38. The molecule has 1 aliphatic rings. The molecule has 0 unspecified atom stereocenters. The number of aldehydes is 1. The Balaban J connectivity index is 1.96. The van der Waals surface area contributed by atoms with Gasteiger partial charge in [0.05, 0.1) is 19.8 Å². The molecule has 0 heterocycles. The van der Waals surface area contributed by atoms with Crippen LogP contribution in [0.3, 0.4) is 0 Å². The third-order valence-corrected chi connectivity index (χ3v) is 3.88.